The largest absolute Gasteiger partial charge is 0.353 e. The molecule has 108 valence electrons. The monoisotopic (exact) mass is 272 g/mol. The van der Waals surface area contributed by atoms with Gasteiger partial charge in [0.2, 0.25) is 5.91 Å². The normalized spacial score (nSPS) is 22.5. The number of hydrogen-bond acceptors (Lipinski definition) is 2. The van der Waals surface area contributed by atoms with Crippen molar-refractivity contribution in [1.82, 2.24) is 10.6 Å². The highest BCUT2D eigenvalue weighted by Gasteiger charge is 2.21. The van der Waals surface area contributed by atoms with Crippen molar-refractivity contribution in [3.05, 3.63) is 35.4 Å². The summed E-state index contributed by atoms with van der Waals surface area (Å²) in [6.07, 6.45) is 6.47. The maximum atomic E-state index is 12.0. The minimum atomic E-state index is 0.236. The van der Waals surface area contributed by atoms with Crippen molar-refractivity contribution in [1.29, 1.82) is 0 Å². The van der Waals surface area contributed by atoms with Gasteiger partial charge in [0.05, 0.1) is 0 Å². The van der Waals surface area contributed by atoms with Gasteiger partial charge in [-0.3, -0.25) is 4.79 Å². The first-order valence-electron chi connectivity index (χ1n) is 7.91. The molecule has 1 saturated carbocycles. The Kier molecular flexibility index (Phi) is 4.36. The SMILES string of the molecule is O=C(CCC1CNCc2ccccc21)NC1CCCC1. The van der Waals surface area contributed by atoms with Crippen molar-refractivity contribution in [2.45, 2.75) is 57.0 Å². The second kappa shape index (κ2) is 6.40. The summed E-state index contributed by atoms with van der Waals surface area (Å²) in [5, 5.41) is 6.64. The van der Waals surface area contributed by atoms with E-state index in [1.54, 1.807) is 0 Å². The van der Waals surface area contributed by atoms with Crippen LogP contribution in [0.2, 0.25) is 0 Å². The third-order valence-corrected chi connectivity index (χ3v) is 4.64. The van der Waals surface area contributed by atoms with Crippen LogP contribution < -0.4 is 10.6 Å². The molecule has 0 radical (unpaired) electrons. The highest BCUT2D eigenvalue weighted by molar-refractivity contribution is 5.76. The van der Waals surface area contributed by atoms with Crippen molar-refractivity contribution in [2.24, 2.45) is 0 Å². The van der Waals surface area contributed by atoms with Gasteiger partial charge < -0.3 is 10.6 Å². The Morgan fingerprint density at radius 2 is 2.05 bits per heavy atom. The summed E-state index contributed by atoms with van der Waals surface area (Å²) < 4.78 is 0. The van der Waals surface area contributed by atoms with Crippen LogP contribution >= 0.6 is 0 Å². The Morgan fingerprint density at radius 3 is 2.90 bits per heavy atom. The molecule has 2 aliphatic rings. The number of rotatable bonds is 4. The summed E-state index contributed by atoms with van der Waals surface area (Å²) in [5.41, 5.74) is 2.82. The van der Waals surface area contributed by atoms with Gasteiger partial charge in [-0.15, -0.1) is 0 Å². The molecule has 1 atom stereocenters. The van der Waals surface area contributed by atoms with Crippen molar-refractivity contribution in [3.8, 4) is 0 Å². The fourth-order valence-corrected chi connectivity index (χ4v) is 3.52. The molecule has 1 heterocycles. The summed E-state index contributed by atoms with van der Waals surface area (Å²) >= 11 is 0. The van der Waals surface area contributed by atoms with Crippen LogP contribution in [0.3, 0.4) is 0 Å². The predicted molar refractivity (Wildman–Crippen MR) is 80.5 cm³/mol. The topological polar surface area (TPSA) is 41.1 Å². The molecule has 0 aromatic heterocycles. The minimum Gasteiger partial charge on any atom is -0.353 e. The molecule has 1 aliphatic heterocycles. The zero-order valence-corrected chi connectivity index (χ0v) is 12.0. The van der Waals surface area contributed by atoms with E-state index in [0.29, 0.717) is 18.4 Å². The molecule has 1 fully saturated rings. The summed E-state index contributed by atoms with van der Waals surface area (Å²) in [6.45, 7) is 1.95. The van der Waals surface area contributed by atoms with Gasteiger partial charge in [0.15, 0.2) is 0 Å². The van der Waals surface area contributed by atoms with Gasteiger partial charge in [-0.2, -0.15) is 0 Å². The van der Waals surface area contributed by atoms with Crippen LogP contribution in [-0.2, 0) is 11.3 Å². The lowest BCUT2D eigenvalue weighted by atomic mass is 9.87. The molecule has 3 nitrogen and oxygen atoms in total. The average molecular weight is 272 g/mol. The van der Waals surface area contributed by atoms with E-state index in [4.69, 9.17) is 0 Å². The first-order valence-corrected chi connectivity index (χ1v) is 7.91. The molecule has 1 aliphatic carbocycles. The maximum Gasteiger partial charge on any atom is 0.220 e. The summed E-state index contributed by atoms with van der Waals surface area (Å²) in [6, 6.07) is 9.05. The lowest BCUT2D eigenvalue weighted by Crippen LogP contribution is -2.34. The standard InChI is InChI=1S/C17H24N2O/c20-17(19-15-6-2-3-7-15)10-9-14-12-18-11-13-5-1-4-8-16(13)14/h1,4-5,8,14-15,18H,2-3,6-7,9-12H2,(H,19,20). The second-order valence-corrected chi connectivity index (χ2v) is 6.11. The molecule has 20 heavy (non-hydrogen) atoms. The third-order valence-electron chi connectivity index (χ3n) is 4.64. The number of carbonyl (C=O) groups excluding carboxylic acids is 1. The number of amides is 1. The average Bonchev–Trinajstić information content (AvgIpc) is 2.98. The van der Waals surface area contributed by atoms with Crippen molar-refractivity contribution >= 4 is 5.91 Å². The highest BCUT2D eigenvalue weighted by atomic mass is 16.1. The quantitative estimate of drug-likeness (QED) is 0.885. The molecule has 1 aromatic carbocycles. The molecule has 0 spiro atoms. The fourth-order valence-electron chi connectivity index (χ4n) is 3.52. The highest BCUT2D eigenvalue weighted by Crippen LogP contribution is 2.27. The molecule has 3 rings (SSSR count). The van der Waals surface area contributed by atoms with Gasteiger partial charge in [0, 0.05) is 25.6 Å². The molecular weight excluding hydrogens is 248 g/mol. The molecule has 3 heteroatoms. The smallest absolute Gasteiger partial charge is 0.220 e. The molecular formula is C17H24N2O. The number of nitrogens with one attached hydrogen (secondary N) is 2. The van der Waals surface area contributed by atoms with E-state index in [2.05, 4.69) is 34.9 Å². The van der Waals surface area contributed by atoms with Crippen LogP contribution in [0.15, 0.2) is 24.3 Å². The number of hydrogen-bond donors (Lipinski definition) is 2. The first kappa shape index (κ1) is 13.6. The van der Waals surface area contributed by atoms with Crippen LogP contribution in [-0.4, -0.2) is 18.5 Å². The van der Waals surface area contributed by atoms with Crippen LogP contribution in [0.4, 0.5) is 0 Å². The van der Waals surface area contributed by atoms with Gasteiger partial charge in [-0.1, -0.05) is 37.1 Å². The molecule has 0 bridgehead atoms. The summed E-state index contributed by atoms with van der Waals surface area (Å²) in [7, 11) is 0. The van der Waals surface area contributed by atoms with E-state index in [-0.39, 0.29) is 5.91 Å². The van der Waals surface area contributed by atoms with Gasteiger partial charge >= 0.3 is 0 Å². The van der Waals surface area contributed by atoms with Crippen molar-refractivity contribution < 1.29 is 4.79 Å². The Balaban J connectivity index is 1.52. The molecule has 1 unspecified atom stereocenters. The molecule has 2 N–H and O–H groups in total. The Hall–Kier alpha value is -1.35. The van der Waals surface area contributed by atoms with Crippen LogP contribution in [0.1, 0.15) is 55.6 Å². The fraction of sp³-hybridized carbons (Fsp3) is 0.588. The number of carbonyl (C=O) groups is 1. The van der Waals surface area contributed by atoms with E-state index >= 15 is 0 Å². The zero-order valence-electron chi connectivity index (χ0n) is 12.0. The van der Waals surface area contributed by atoms with Gasteiger partial charge in [0.25, 0.3) is 0 Å². The zero-order chi connectivity index (χ0) is 13.8. The Morgan fingerprint density at radius 1 is 1.25 bits per heavy atom. The van der Waals surface area contributed by atoms with Crippen molar-refractivity contribution in [3.63, 3.8) is 0 Å². The molecule has 1 aromatic rings. The van der Waals surface area contributed by atoms with E-state index in [9.17, 15) is 4.79 Å². The van der Waals surface area contributed by atoms with E-state index < -0.39 is 0 Å². The summed E-state index contributed by atoms with van der Waals surface area (Å²) in [5.74, 6) is 0.717. The van der Waals surface area contributed by atoms with E-state index in [1.807, 2.05) is 0 Å². The van der Waals surface area contributed by atoms with Gasteiger partial charge in [0.1, 0.15) is 0 Å². The van der Waals surface area contributed by atoms with Gasteiger partial charge in [-0.25, -0.2) is 0 Å². The first-order chi connectivity index (χ1) is 9.83. The lowest BCUT2D eigenvalue weighted by Gasteiger charge is -2.26. The Bertz CT molecular complexity index is 466. The molecule has 1 amide bonds. The number of benzene rings is 1. The van der Waals surface area contributed by atoms with E-state index in [0.717, 1.165) is 19.5 Å². The van der Waals surface area contributed by atoms with Crippen LogP contribution in [0.5, 0.6) is 0 Å². The lowest BCUT2D eigenvalue weighted by molar-refractivity contribution is -0.121. The number of fused-ring (bicyclic) bond motifs is 1. The minimum absolute atomic E-state index is 0.236. The van der Waals surface area contributed by atoms with Crippen LogP contribution in [0.25, 0.3) is 0 Å². The molecule has 0 saturated heterocycles. The van der Waals surface area contributed by atoms with E-state index in [1.165, 1.54) is 36.8 Å². The second-order valence-electron chi connectivity index (χ2n) is 6.11. The third kappa shape index (κ3) is 3.21. The Labute approximate surface area is 121 Å². The summed E-state index contributed by atoms with van der Waals surface area (Å²) in [4.78, 5) is 12.0. The maximum absolute atomic E-state index is 12.0. The van der Waals surface area contributed by atoms with Gasteiger partial charge in [-0.05, 0) is 36.3 Å². The van der Waals surface area contributed by atoms with Crippen molar-refractivity contribution in [2.75, 3.05) is 6.54 Å². The predicted octanol–water partition coefficient (Wildman–Crippen LogP) is 2.71. The van der Waals surface area contributed by atoms with Crippen LogP contribution in [0, 0.1) is 0 Å².